The van der Waals surface area contributed by atoms with Crippen molar-refractivity contribution in [1.82, 2.24) is 0 Å². The molecular weight excluding hydrogens is 234 g/mol. The summed E-state index contributed by atoms with van der Waals surface area (Å²) in [5.41, 5.74) is 0.891. The van der Waals surface area contributed by atoms with Crippen molar-refractivity contribution in [1.29, 1.82) is 0 Å². The summed E-state index contributed by atoms with van der Waals surface area (Å²) in [4.78, 5) is 25.4. The van der Waals surface area contributed by atoms with Crippen molar-refractivity contribution < 1.29 is 19.4 Å². The lowest BCUT2D eigenvalue weighted by Crippen LogP contribution is -2.19. The maximum Gasteiger partial charge on any atom is 0.328 e. The van der Waals surface area contributed by atoms with Gasteiger partial charge in [-0.25, -0.2) is 4.79 Å². The van der Waals surface area contributed by atoms with Crippen molar-refractivity contribution in [3.8, 4) is 0 Å². The second kappa shape index (κ2) is 7.21. The van der Waals surface area contributed by atoms with Gasteiger partial charge in [0.2, 0.25) is 0 Å². The highest BCUT2D eigenvalue weighted by atomic mass is 16.5. The Hall–Kier alpha value is -2.17. The lowest BCUT2D eigenvalue weighted by Gasteiger charge is -2.07. The van der Waals surface area contributed by atoms with Crippen molar-refractivity contribution in [2.75, 3.05) is 0 Å². The number of carbonyl (C=O) groups is 2. The topological polar surface area (TPSA) is 76.0 Å². The number of hydrogen-bond acceptors (Lipinski definition) is 4. The van der Waals surface area contributed by atoms with Gasteiger partial charge in [-0.3, -0.25) is 9.79 Å². The average Bonchev–Trinajstić information content (AvgIpc) is 2.38. The smallest absolute Gasteiger partial charge is 0.328 e. The number of aliphatic imine (C=N–C) groups is 1. The van der Waals surface area contributed by atoms with E-state index in [1.807, 2.05) is 30.3 Å². The second-order valence-corrected chi connectivity index (χ2v) is 3.72. The van der Waals surface area contributed by atoms with Gasteiger partial charge in [0.1, 0.15) is 12.6 Å². The monoisotopic (exact) mass is 249 g/mol. The number of carboxylic acids is 1. The maximum atomic E-state index is 11.4. The van der Waals surface area contributed by atoms with Crippen LogP contribution < -0.4 is 0 Å². The highest BCUT2D eigenvalue weighted by molar-refractivity contribution is 5.76. The molecule has 0 radical (unpaired) electrons. The number of aliphatic carboxylic acids is 1. The van der Waals surface area contributed by atoms with Crippen LogP contribution >= 0.6 is 0 Å². The lowest BCUT2D eigenvalue weighted by atomic mass is 10.1. The summed E-state index contributed by atoms with van der Waals surface area (Å²) in [6, 6.07) is 8.32. The Kier molecular flexibility index (Phi) is 5.57. The summed E-state index contributed by atoms with van der Waals surface area (Å²) in [6.45, 7) is 3.36. The molecule has 0 aromatic heterocycles. The van der Waals surface area contributed by atoms with Crippen LogP contribution in [0.3, 0.4) is 0 Å². The third-order valence-electron chi connectivity index (χ3n) is 2.37. The zero-order chi connectivity index (χ0) is 13.4. The molecule has 0 aliphatic rings. The molecule has 0 fully saturated rings. The molecule has 0 bridgehead atoms. The summed E-state index contributed by atoms with van der Waals surface area (Å²) in [5, 5.41) is 8.71. The summed E-state index contributed by atoms with van der Waals surface area (Å²) in [6.07, 6.45) is 0.120. The summed E-state index contributed by atoms with van der Waals surface area (Å²) >= 11 is 0. The quantitative estimate of drug-likeness (QED) is 0.589. The van der Waals surface area contributed by atoms with Gasteiger partial charge in [0, 0.05) is 6.42 Å². The fourth-order valence-electron chi connectivity index (χ4n) is 1.36. The van der Waals surface area contributed by atoms with Crippen LogP contribution in [-0.2, 0) is 20.9 Å². The van der Waals surface area contributed by atoms with Crippen LogP contribution in [0.1, 0.15) is 18.4 Å². The molecule has 96 valence electrons. The first kappa shape index (κ1) is 13.9. The lowest BCUT2D eigenvalue weighted by molar-refractivity contribution is -0.145. The van der Waals surface area contributed by atoms with Crippen LogP contribution in [-0.4, -0.2) is 29.8 Å². The highest BCUT2D eigenvalue weighted by Crippen LogP contribution is 2.06. The molecule has 18 heavy (non-hydrogen) atoms. The second-order valence-electron chi connectivity index (χ2n) is 3.72. The van der Waals surface area contributed by atoms with Gasteiger partial charge >= 0.3 is 11.9 Å². The summed E-state index contributed by atoms with van der Waals surface area (Å²) < 4.78 is 5.01. The molecular formula is C13H15NO4. The SMILES string of the molecule is C=NC(CCC(=O)OCc1ccccc1)C(=O)O. The van der Waals surface area contributed by atoms with E-state index in [1.54, 1.807) is 0 Å². The molecule has 1 unspecified atom stereocenters. The van der Waals surface area contributed by atoms with Crippen molar-refractivity contribution in [2.45, 2.75) is 25.5 Å². The third kappa shape index (κ3) is 4.78. The predicted molar refractivity (Wildman–Crippen MR) is 66.4 cm³/mol. The van der Waals surface area contributed by atoms with Gasteiger partial charge in [-0.2, -0.15) is 0 Å². The molecule has 5 heteroatoms. The molecule has 1 rings (SSSR count). The Morgan fingerprint density at radius 2 is 2.00 bits per heavy atom. The molecule has 1 aromatic rings. The molecule has 0 aliphatic heterocycles. The largest absolute Gasteiger partial charge is 0.480 e. The van der Waals surface area contributed by atoms with Gasteiger partial charge in [0.25, 0.3) is 0 Å². The van der Waals surface area contributed by atoms with Crippen molar-refractivity contribution in [3.63, 3.8) is 0 Å². The number of rotatable bonds is 7. The van der Waals surface area contributed by atoms with Crippen LogP contribution in [0.15, 0.2) is 35.3 Å². The van der Waals surface area contributed by atoms with Crippen LogP contribution in [0.4, 0.5) is 0 Å². The van der Waals surface area contributed by atoms with E-state index in [-0.39, 0.29) is 19.4 Å². The summed E-state index contributed by atoms with van der Waals surface area (Å²) in [7, 11) is 0. The molecule has 0 spiro atoms. The van der Waals surface area contributed by atoms with E-state index in [1.165, 1.54) is 0 Å². The van der Waals surface area contributed by atoms with Gasteiger partial charge in [-0.15, -0.1) is 0 Å². The van der Waals surface area contributed by atoms with E-state index in [0.29, 0.717) is 0 Å². The maximum absolute atomic E-state index is 11.4. The standard InChI is InChI=1S/C13H15NO4/c1-14-11(13(16)17)7-8-12(15)18-9-10-5-3-2-4-6-10/h2-6,11H,1,7-9H2,(H,16,17). The van der Waals surface area contributed by atoms with E-state index in [0.717, 1.165) is 5.56 Å². The minimum Gasteiger partial charge on any atom is -0.480 e. The van der Waals surface area contributed by atoms with Gasteiger partial charge in [-0.05, 0) is 18.7 Å². The highest BCUT2D eigenvalue weighted by Gasteiger charge is 2.16. The van der Waals surface area contributed by atoms with Crippen LogP contribution in [0, 0.1) is 0 Å². The zero-order valence-electron chi connectivity index (χ0n) is 9.91. The van der Waals surface area contributed by atoms with Gasteiger partial charge in [0.05, 0.1) is 0 Å². The van der Waals surface area contributed by atoms with E-state index in [4.69, 9.17) is 9.84 Å². The molecule has 0 saturated carbocycles. The Bertz CT molecular complexity index is 416. The first-order valence-corrected chi connectivity index (χ1v) is 5.51. The van der Waals surface area contributed by atoms with Crippen molar-refractivity contribution >= 4 is 18.7 Å². The van der Waals surface area contributed by atoms with Crippen molar-refractivity contribution in [2.24, 2.45) is 4.99 Å². The van der Waals surface area contributed by atoms with Gasteiger partial charge in [-0.1, -0.05) is 30.3 Å². The fraction of sp³-hybridized carbons (Fsp3) is 0.308. The number of hydrogen-bond donors (Lipinski definition) is 1. The Morgan fingerprint density at radius 1 is 1.33 bits per heavy atom. The fourth-order valence-corrected chi connectivity index (χ4v) is 1.36. The number of nitrogens with zero attached hydrogens (tertiary/aromatic N) is 1. The predicted octanol–water partition coefficient (Wildman–Crippen LogP) is 1.66. The minimum atomic E-state index is -1.08. The molecule has 0 aliphatic carbocycles. The van der Waals surface area contributed by atoms with Crippen LogP contribution in [0.5, 0.6) is 0 Å². The number of ether oxygens (including phenoxy) is 1. The Labute approximate surface area is 105 Å². The average molecular weight is 249 g/mol. The Morgan fingerprint density at radius 3 is 2.56 bits per heavy atom. The zero-order valence-corrected chi connectivity index (χ0v) is 9.91. The summed E-state index contributed by atoms with van der Waals surface area (Å²) in [5.74, 6) is -1.52. The van der Waals surface area contributed by atoms with Crippen LogP contribution in [0.25, 0.3) is 0 Å². The molecule has 1 atom stereocenters. The molecule has 1 N–H and O–H groups in total. The van der Waals surface area contributed by atoms with Crippen LogP contribution in [0.2, 0.25) is 0 Å². The first-order chi connectivity index (χ1) is 8.63. The molecule has 5 nitrogen and oxygen atoms in total. The number of carboxylic acid groups (broad SMARTS) is 1. The van der Waals surface area contributed by atoms with E-state index in [9.17, 15) is 9.59 Å². The van der Waals surface area contributed by atoms with Crippen molar-refractivity contribution in [3.05, 3.63) is 35.9 Å². The van der Waals surface area contributed by atoms with Gasteiger partial charge in [0.15, 0.2) is 0 Å². The van der Waals surface area contributed by atoms with E-state index >= 15 is 0 Å². The number of benzene rings is 1. The molecule has 0 heterocycles. The first-order valence-electron chi connectivity index (χ1n) is 5.51. The number of esters is 1. The molecule has 1 aromatic carbocycles. The minimum absolute atomic E-state index is 0.0167. The number of carbonyl (C=O) groups excluding carboxylic acids is 1. The van der Waals surface area contributed by atoms with Gasteiger partial charge < -0.3 is 9.84 Å². The molecule has 0 amide bonds. The van der Waals surface area contributed by atoms with E-state index < -0.39 is 18.0 Å². The Balaban J connectivity index is 2.30. The van der Waals surface area contributed by atoms with E-state index in [2.05, 4.69) is 11.7 Å². The molecule has 0 saturated heterocycles. The normalized spacial score (nSPS) is 11.6. The third-order valence-corrected chi connectivity index (χ3v) is 2.37.